The van der Waals surface area contributed by atoms with Gasteiger partial charge in [-0.15, -0.1) is 0 Å². The van der Waals surface area contributed by atoms with E-state index in [1.807, 2.05) is 18.2 Å². The van der Waals surface area contributed by atoms with Crippen LogP contribution in [0.4, 0.5) is 5.69 Å². The summed E-state index contributed by atoms with van der Waals surface area (Å²) >= 11 is 5.24. The zero-order chi connectivity index (χ0) is 13.5. The number of hydrogen-bond acceptors (Lipinski definition) is 3. The molecule has 0 aliphatic carbocycles. The summed E-state index contributed by atoms with van der Waals surface area (Å²) in [7, 11) is 3.24. The molecule has 100 valence electrons. The molecule has 1 rings (SSSR count). The highest BCUT2D eigenvalue weighted by Gasteiger charge is 2.07. The largest absolute Gasteiger partial charge is 0.497 e. The minimum atomic E-state index is 0.342. The van der Waals surface area contributed by atoms with Crippen molar-refractivity contribution in [3.8, 4) is 11.5 Å². The van der Waals surface area contributed by atoms with Crippen LogP contribution in [0.5, 0.6) is 11.5 Å². The van der Waals surface area contributed by atoms with Gasteiger partial charge in [-0.3, -0.25) is 0 Å². The smallest absolute Gasteiger partial charge is 0.171 e. The van der Waals surface area contributed by atoms with Crippen LogP contribution in [-0.2, 0) is 0 Å². The van der Waals surface area contributed by atoms with Crippen LogP contribution < -0.4 is 20.1 Å². The van der Waals surface area contributed by atoms with Crippen molar-refractivity contribution >= 4 is 23.0 Å². The Morgan fingerprint density at radius 3 is 2.61 bits per heavy atom. The number of hydrogen-bond donors (Lipinski definition) is 2. The highest BCUT2D eigenvalue weighted by Crippen LogP contribution is 2.28. The third kappa shape index (κ3) is 4.07. The van der Waals surface area contributed by atoms with E-state index in [1.54, 1.807) is 14.2 Å². The molecule has 1 aromatic carbocycles. The first kappa shape index (κ1) is 14.6. The van der Waals surface area contributed by atoms with E-state index in [1.165, 1.54) is 0 Å². The van der Waals surface area contributed by atoms with Gasteiger partial charge >= 0.3 is 0 Å². The topological polar surface area (TPSA) is 42.5 Å². The van der Waals surface area contributed by atoms with Gasteiger partial charge in [-0.25, -0.2) is 0 Å². The first-order valence-electron chi connectivity index (χ1n) is 5.90. The number of anilines is 1. The van der Waals surface area contributed by atoms with Crippen molar-refractivity contribution in [1.82, 2.24) is 5.32 Å². The Hall–Kier alpha value is -1.49. The molecule has 0 aliphatic rings. The Kier molecular flexibility index (Phi) is 5.71. The molecule has 0 saturated carbocycles. The van der Waals surface area contributed by atoms with Crippen LogP contribution in [0.25, 0.3) is 0 Å². The maximum absolute atomic E-state index is 5.29. The van der Waals surface area contributed by atoms with Crippen LogP contribution in [0, 0.1) is 0 Å². The highest BCUT2D eigenvalue weighted by atomic mass is 32.1. The van der Waals surface area contributed by atoms with Gasteiger partial charge in [0, 0.05) is 12.1 Å². The molecular weight excluding hydrogens is 248 g/mol. The summed E-state index contributed by atoms with van der Waals surface area (Å²) < 4.78 is 10.4. The molecule has 0 amide bonds. The molecule has 0 heterocycles. The van der Waals surface area contributed by atoms with E-state index in [4.69, 9.17) is 21.7 Å². The summed E-state index contributed by atoms with van der Waals surface area (Å²) in [5, 5.41) is 6.90. The summed E-state index contributed by atoms with van der Waals surface area (Å²) in [5.74, 6) is 1.45. The number of nitrogens with one attached hydrogen (secondary N) is 2. The quantitative estimate of drug-likeness (QED) is 0.804. The number of benzene rings is 1. The molecule has 1 aromatic rings. The van der Waals surface area contributed by atoms with Gasteiger partial charge in [-0.1, -0.05) is 6.92 Å². The van der Waals surface area contributed by atoms with Crippen molar-refractivity contribution in [3.63, 3.8) is 0 Å². The van der Waals surface area contributed by atoms with Crippen molar-refractivity contribution in [2.24, 2.45) is 0 Å². The van der Waals surface area contributed by atoms with Gasteiger partial charge in [0.15, 0.2) is 5.11 Å². The van der Waals surface area contributed by atoms with Gasteiger partial charge in [-0.05, 0) is 37.7 Å². The lowest BCUT2D eigenvalue weighted by atomic mass is 10.2. The van der Waals surface area contributed by atoms with Gasteiger partial charge in [0.2, 0.25) is 0 Å². The second-order valence-corrected chi connectivity index (χ2v) is 4.38. The number of ether oxygens (including phenoxy) is 2. The number of thiocarbonyl (C=S) groups is 1. The predicted molar refractivity (Wildman–Crippen MR) is 78.7 cm³/mol. The van der Waals surface area contributed by atoms with E-state index in [9.17, 15) is 0 Å². The Balaban J connectivity index is 2.74. The van der Waals surface area contributed by atoms with Crippen molar-refractivity contribution < 1.29 is 9.47 Å². The second-order valence-electron chi connectivity index (χ2n) is 3.97. The normalized spacial score (nSPS) is 11.6. The van der Waals surface area contributed by atoms with E-state index in [2.05, 4.69) is 24.5 Å². The molecule has 0 spiro atoms. The fourth-order valence-corrected chi connectivity index (χ4v) is 1.70. The summed E-state index contributed by atoms with van der Waals surface area (Å²) in [6.07, 6.45) is 1.02. The number of methoxy groups -OCH3 is 2. The van der Waals surface area contributed by atoms with Crippen molar-refractivity contribution in [1.29, 1.82) is 0 Å². The molecule has 0 radical (unpaired) electrons. The fourth-order valence-electron chi connectivity index (χ4n) is 1.39. The van der Waals surface area contributed by atoms with Gasteiger partial charge < -0.3 is 20.1 Å². The van der Waals surface area contributed by atoms with Crippen LogP contribution in [-0.4, -0.2) is 25.4 Å². The molecule has 0 bridgehead atoms. The summed E-state index contributed by atoms with van der Waals surface area (Å²) in [6.45, 7) is 4.19. The Morgan fingerprint density at radius 1 is 1.33 bits per heavy atom. The molecule has 2 N–H and O–H groups in total. The standard InChI is InChI=1S/C13H20N2O2S/c1-5-9(2)14-13(18)15-11-7-6-10(16-3)8-12(11)17-4/h6-9H,5H2,1-4H3,(H2,14,15,18). The average Bonchev–Trinajstić information content (AvgIpc) is 2.38. The maximum Gasteiger partial charge on any atom is 0.171 e. The molecular formula is C13H20N2O2S. The van der Waals surface area contributed by atoms with E-state index in [0.717, 1.165) is 17.9 Å². The lowest BCUT2D eigenvalue weighted by Gasteiger charge is -2.17. The van der Waals surface area contributed by atoms with Gasteiger partial charge in [-0.2, -0.15) is 0 Å². The SMILES string of the molecule is CCC(C)NC(=S)Nc1ccc(OC)cc1OC. The zero-order valence-corrected chi connectivity index (χ0v) is 12.1. The molecule has 1 atom stereocenters. The molecule has 5 heteroatoms. The monoisotopic (exact) mass is 268 g/mol. The Bertz CT molecular complexity index is 410. The molecule has 0 saturated heterocycles. The highest BCUT2D eigenvalue weighted by molar-refractivity contribution is 7.80. The molecule has 4 nitrogen and oxygen atoms in total. The minimum Gasteiger partial charge on any atom is -0.497 e. The summed E-state index contributed by atoms with van der Waals surface area (Å²) in [5.41, 5.74) is 0.819. The molecule has 0 fully saturated rings. The summed E-state index contributed by atoms with van der Waals surface area (Å²) in [4.78, 5) is 0. The summed E-state index contributed by atoms with van der Waals surface area (Å²) in [6, 6.07) is 5.89. The predicted octanol–water partition coefficient (Wildman–Crippen LogP) is 2.79. The van der Waals surface area contributed by atoms with Gasteiger partial charge in [0.25, 0.3) is 0 Å². The maximum atomic E-state index is 5.29. The van der Waals surface area contributed by atoms with Crippen molar-refractivity contribution in [2.75, 3.05) is 19.5 Å². The third-order valence-corrected chi connectivity index (χ3v) is 2.87. The van der Waals surface area contributed by atoms with Crippen LogP contribution in [0.15, 0.2) is 18.2 Å². The first-order valence-corrected chi connectivity index (χ1v) is 6.31. The number of rotatable bonds is 5. The second kappa shape index (κ2) is 7.06. The van der Waals surface area contributed by atoms with Crippen LogP contribution in [0.3, 0.4) is 0 Å². The van der Waals surface area contributed by atoms with Gasteiger partial charge in [0.05, 0.1) is 19.9 Å². The molecule has 1 unspecified atom stereocenters. The Labute approximate surface area is 114 Å². The lowest BCUT2D eigenvalue weighted by molar-refractivity contribution is 0.395. The van der Waals surface area contributed by atoms with E-state index < -0.39 is 0 Å². The molecule has 18 heavy (non-hydrogen) atoms. The van der Waals surface area contributed by atoms with Crippen LogP contribution in [0.1, 0.15) is 20.3 Å². The zero-order valence-electron chi connectivity index (χ0n) is 11.2. The Morgan fingerprint density at radius 2 is 2.06 bits per heavy atom. The van der Waals surface area contributed by atoms with E-state index in [0.29, 0.717) is 16.9 Å². The van der Waals surface area contributed by atoms with Gasteiger partial charge in [0.1, 0.15) is 11.5 Å². The van der Waals surface area contributed by atoms with Crippen molar-refractivity contribution in [3.05, 3.63) is 18.2 Å². The fraction of sp³-hybridized carbons (Fsp3) is 0.462. The third-order valence-electron chi connectivity index (χ3n) is 2.65. The molecule has 0 aromatic heterocycles. The minimum absolute atomic E-state index is 0.342. The van der Waals surface area contributed by atoms with E-state index in [-0.39, 0.29) is 0 Å². The van der Waals surface area contributed by atoms with E-state index >= 15 is 0 Å². The van der Waals surface area contributed by atoms with Crippen LogP contribution in [0.2, 0.25) is 0 Å². The average molecular weight is 268 g/mol. The first-order chi connectivity index (χ1) is 8.60. The molecule has 0 aliphatic heterocycles. The van der Waals surface area contributed by atoms with Crippen molar-refractivity contribution in [2.45, 2.75) is 26.3 Å². The lowest BCUT2D eigenvalue weighted by Crippen LogP contribution is -2.35. The van der Waals surface area contributed by atoms with Crippen LogP contribution >= 0.6 is 12.2 Å².